The van der Waals surface area contributed by atoms with Crippen LogP contribution in [0.3, 0.4) is 0 Å². The first-order valence-corrected chi connectivity index (χ1v) is 7.92. The molecule has 0 fully saturated rings. The number of aromatic amines is 1. The van der Waals surface area contributed by atoms with Crippen molar-refractivity contribution in [3.8, 4) is 11.4 Å². The predicted octanol–water partition coefficient (Wildman–Crippen LogP) is 4.58. The second-order valence-corrected chi connectivity index (χ2v) is 5.93. The topological polar surface area (TPSA) is 83.8 Å². The minimum atomic E-state index is -0.936. The second kappa shape index (κ2) is 8.24. The minimum Gasteiger partial charge on any atom is -0.478 e. The molecular formula is C19H18Cl2N4O2. The first-order valence-electron chi connectivity index (χ1n) is 7.92. The Morgan fingerprint density at radius 3 is 2.52 bits per heavy atom. The molecule has 0 aliphatic carbocycles. The molecule has 8 heteroatoms. The molecule has 0 aliphatic heterocycles. The Morgan fingerprint density at radius 2 is 1.89 bits per heavy atom. The zero-order valence-electron chi connectivity index (χ0n) is 14.4. The number of hydrogen-bond acceptors (Lipinski definition) is 3. The monoisotopic (exact) mass is 404 g/mol. The molecule has 4 rings (SSSR count). The number of hydrogen-bond donors (Lipinski definition) is 2. The lowest BCUT2D eigenvalue weighted by Crippen LogP contribution is -2.03. The molecule has 140 valence electrons. The van der Waals surface area contributed by atoms with Gasteiger partial charge in [-0.25, -0.2) is 14.8 Å². The van der Waals surface area contributed by atoms with Gasteiger partial charge in [-0.3, -0.25) is 0 Å². The number of nitrogens with one attached hydrogen (secondary N) is 1. The van der Waals surface area contributed by atoms with Crippen LogP contribution in [-0.2, 0) is 0 Å². The summed E-state index contributed by atoms with van der Waals surface area (Å²) in [6, 6.07) is 13.0. The van der Waals surface area contributed by atoms with Gasteiger partial charge in [-0.2, -0.15) is 0 Å². The molecule has 2 aromatic heterocycles. The van der Waals surface area contributed by atoms with Gasteiger partial charge in [0.2, 0.25) is 0 Å². The van der Waals surface area contributed by atoms with Crippen LogP contribution in [-0.4, -0.2) is 30.6 Å². The molecule has 27 heavy (non-hydrogen) atoms. The van der Waals surface area contributed by atoms with Crippen LogP contribution in [0.2, 0.25) is 0 Å². The summed E-state index contributed by atoms with van der Waals surface area (Å²) < 4.78 is 2.04. The maximum atomic E-state index is 11.0. The number of halogens is 2. The van der Waals surface area contributed by atoms with Gasteiger partial charge in [-0.15, -0.1) is 24.8 Å². The molecule has 0 saturated heterocycles. The van der Waals surface area contributed by atoms with Gasteiger partial charge in [0.15, 0.2) is 0 Å². The van der Waals surface area contributed by atoms with E-state index in [-0.39, 0.29) is 36.4 Å². The summed E-state index contributed by atoms with van der Waals surface area (Å²) in [6.45, 7) is 2.12. The lowest BCUT2D eigenvalue weighted by Gasteiger charge is -2.13. The molecule has 2 N–H and O–H groups in total. The highest BCUT2D eigenvalue weighted by atomic mass is 35.5. The van der Waals surface area contributed by atoms with Crippen molar-refractivity contribution < 1.29 is 9.90 Å². The van der Waals surface area contributed by atoms with Gasteiger partial charge >= 0.3 is 5.97 Å². The number of benzene rings is 2. The van der Waals surface area contributed by atoms with Crippen LogP contribution in [0.5, 0.6) is 0 Å². The van der Waals surface area contributed by atoms with E-state index in [2.05, 4.69) is 34.0 Å². The number of aromatic nitrogens is 4. The van der Waals surface area contributed by atoms with Crippen molar-refractivity contribution in [2.75, 3.05) is 0 Å². The van der Waals surface area contributed by atoms with Crippen LogP contribution in [0, 0.1) is 0 Å². The van der Waals surface area contributed by atoms with Crippen LogP contribution < -0.4 is 0 Å². The molecule has 4 aromatic rings. The van der Waals surface area contributed by atoms with E-state index in [0.29, 0.717) is 0 Å². The standard InChI is InChI=1S/C19H16N4O2.2ClH/c1-12(23-9-8-20-11-23)15-6-7-16-17(10-15)22-18(21-16)13-2-4-14(5-3-13)19(24)25;;/h2-12H,1H3,(H,21,22)(H,24,25);2*1H. The third-order valence-corrected chi connectivity index (χ3v) is 4.37. The average Bonchev–Trinajstić information content (AvgIpc) is 3.30. The van der Waals surface area contributed by atoms with Crippen LogP contribution in [0.15, 0.2) is 61.2 Å². The number of nitrogens with zero attached hydrogens (tertiary/aromatic N) is 3. The van der Waals surface area contributed by atoms with Crippen molar-refractivity contribution in [2.45, 2.75) is 13.0 Å². The van der Waals surface area contributed by atoms with Gasteiger partial charge in [0, 0.05) is 18.0 Å². The van der Waals surface area contributed by atoms with E-state index in [1.807, 2.05) is 16.8 Å². The smallest absolute Gasteiger partial charge is 0.335 e. The Kier molecular flexibility index (Phi) is 6.25. The van der Waals surface area contributed by atoms with Crippen LogP contribution in [0.4, 0.5) is 0 Å². The molecule has 0 amide bonds. The third kappa shape index (κ3) is 3.97. The summed E-state index contributed by atoms with van der Waals surface area (Å²) >= 11 is 0. The molecule has 1 atom stereocenters. The lowest BCUT2D eigenvalue weighted by molar-refractivity contribution is 0.0697. The predicted molar refractivity (Wildman–Crippen MR) is 109 cm³/mol. The van der Waals surface area contributed by atoms with E-state index < -0.39 is 5.97 Å². The maximum Gasteiger partial charge on any atom is 0.335 e. The SMILES string of the molecule is CC(c1ccc2nc(-c3ccc(C(=O)O)cc3)[nH]c2c1)n1ccnc1.Cl.Cl. The van der Waals surface area contributed by atoms with Gasteiger partial charge in [-0.05, 0) is 36.8 Å². The van der Waals surface area contributed by atoms with Crippen molar-refractivity contribution in [2.24, 2.45) is 0 Å². The molecule has 2 heterocycles. The van der Waals surface area contributed by atoms with Gasteiger partial charge in [0.1, 0.15) is 5.82 Å². The fraction of sp³-hybridized carbons (Fsp3) is 0.105. The Labute approximate surface area is 168 Å². The zero-order valence-corrected chi connectivity index (χ0v) is 16.0. The normalized spacial score (nSPS) is 11.4. The van der Waals surface area contributed by atoms with E-state index >= 15 is 0 Å². The summed E-state index contributed by atoms with van der Waals surface area (Å²) in [5.74, 6) is -0.214. The Morgan fingerprint density at radius 1 is 1.15 bits per heavy atom. The van der Waals surface area contributed by atoms with Gasteiger partial charge in [0.25, 0.3) is 0 Å². The summed E-state index contributed by atoms with van der Waals surface area (Å²) in [7, 11) is 0. The largest absolute Gasteiger partial charge is 0.478 e. The number of fused-ring (bicyclic) bond motifs is 1. The van der Waals surface area contributed by atoms with E-state index in [0.717, 1.165) is 28.0 Å². The van der Waals surface area contributed by atoms with Gasteiger partial charge in [0.05, 0.1) is 29.0 Å². The number of aromatic carboxylic acids is 1. The Balaban J connectivity index is 0.00000131. The first-order chi connectivity index (χ1) is 12.1. The van der Waals surface area contributed by atoms with E-state index in [1.54, 1.807) is 36.8 Å². The molecule has 0 spiro atoms. The van der Waals surface area contributed by atoms with E-state index in [9.17, 15) is 4.79 Å². The van der Waals surface area contributed by atoms with Crippen molar-refractivity contribution in [3.05, 3.63) is 72.3 Å². The Hall–Kier alpha value is -2.83. The molecular weight excluding hydrogens is 387 g/mol. The quantitative estimate of drug-likeness (QED) is 0.521. The molecule has 1 unspecified atom stereocenters. The molecule has 6 nitrogen and oxygen atoms in total. The molecule has 0 radical (unpaired) electrons. The van der Waals surface area contributed by atoms with Crippen molar-refractivity contribution in [1.82, 2.24) is 19.5 Å². The zero-order chi connectivity index (χ0) is 17.4. The third-order valence-electron chi connectivity index (χ3n) is 4.37. The number of carboxylic acid groups (broad SMARTS) is 1. The molecule has 2 aromatic carbocycles. The summed E-state index contributed by atoms with van der Waals surface area (Å²) in [4.78, 5) is 23.0. The van der Waals surface area contributed by atoms with Gasteiger partial charge in [-0.1, -0.05) is 18.2 Å². The van der Waals surface area contributed by atoms with E-state index in [1.165, 1.54) is 0 Å². The highest BCUT2D eigenvalue weighted by Gasteiger charge is 2.11. The molecule has 0 saturated carbocycles. The molecule has 0 bridgehead atoms. The lowest BCUT2D eigenvalue weighted by atomic mass is 10.1. The Bertz CT molecular complexity index is 1040. The fourth-order valence-electron chi connectivity index (χ4n) is 2.87. The summed E-state index contributed by atoms with van der Waals surface area (Å²) in [5, 5.41) is 8.99. The number of imidazole rings is 2. The first kappa shape index (κ1) is 20.5. The number of carbonyl (C=O) groups is 1. The highest BCUT2D eigenvalue weighted by Crippen LogP contribution is 2.25. The number of carboxylic acids is 1. The van der Waals surface area contributed by atoms with Crippen LogP contribution in [0.25, 0.3) is 22.4 Å². The number of H-pyrrole nitrogens is 1. The van der Waals surface area contributed by atoms with E-state index in [4.69, 9.17) is 5.11 Å². The summed E-state index contributed by atoms with van der Waals surface area (Å²) in [5.41, 5.74) is 4.09. The average molecular weight is 405 g/mol. The van der Waals surface area contributed by atoms with Crippen LogP contribution >= 0.6 is 24.8 Å². The van der Waals surface area contributed by atoms with Gasteiger partial charge < -0.3 is 14.7 Å². The molecule has 0 aliphatic rings. The van der Waals surface area contributed by atoms with Crippen molar-refractivity contribution in [3.63, 3.8) is 0 Å². The van der Waals surface area contributed by atoms with Crippen LogP contribution in [0.1, 0.15) is 28.9 Å². The van der Waals surface area contributed by atoms with Crippen molar-refractivity contribution >= 4 is 41.8 Å². The second-order valence-electron chi connectivity index (χ2n) is 5.93. The maximum absolute atomic E-state index is 11.0. The van der Waals surface area contributed by atoms with Crippen molar-refractivity contribution in [1.29, 1.82) is 0 Å². The summed E-state index contributed by atoms with van der Waals surface area (Å²) in [6.07, 6.45) is 5.51. The highest BCUT2D eigenvalue weighted by molar-refractivity contribution is 5.88. The number of rotatable bonds is 4. The fourth-order valence-corrected chi connectivity index (χ4v) is 2.87. The minimum absolute atomic E-state index is 0.